The molecule has 14 heavy (non-hydrogen) atoms. The lowest BCUT2D eigenvalue weighted by molar-refractivity contribution is 0.280. The Morgan fingerprint density at radius 1 is 1.36 bits per heavy atom. The molecule has 0 aliphatic rings. The monoisotopic (exact) mass is 195 g/mol. The summed E-state index contributed by atoms with van der Waals surface area (Å²) < 4.78 is 0. The maximum absolute atomic E-state index is 8.64. The van der Waals surface area contributed by atoms with Gasteiger partial charge < -0.3 is 5.11 Å². The first-order chi connectivity index (χ1) is 6.84. The van der Waals surface area contributed by atoms with Gasteiger partial charge >= 0.3 is 0 Å². The molecule has 2 heteroatoms. The van der Waals surface area contributed by atoms with Gasteiger partial charge in [-0.15, -0.1) is 0 Å². The van der Waals surface area contributed by atoms with Gasteiger partial charge in [0, 0.05) is 18.5 Å². The van der Waals surface area contributed by atoms with E-state index in [0.717, 1.165) is 18.5 Å². The van der Waals surface area contributed by atoms with Crippen LogP contribution in [0.15, 0.2) is 24.4 Å². The normalized spacial score (nSPS) is 11.4. The first-order valence-corrected chi connectivity index (χ1v) is 5.36. The van der Waals surface area contributed by atoms with Crippen molar-refractivity contribution in [3.05, 3.63) is 30.1 Å². The summed E-state index contributed by atoms with van der Waals surface area (Å²) in [5.41, 5.74) is 1.12. The lowest BCUT2D eigenvalue weighted by atomic mass is 10.0. The van der Waals surface area contributed by atoms with Gasteiger partial charge in [0.2, 0.25) is 0 Å². The standard InChI is InChI=1S/C10H15NO.C2H6/c1-9(5-4-8-12)10-6-2-3-7-11-10;1-2/h2-3,6-7,9,12H,4-5,8H2,1H3;1-2H3. The molecule has 1 N–H and O–H groups in total. The van der Waals surface area contributed by atoms with E-state index >= 15 is 0 Å². The van der Waals surface area contributed by atoms with Crippen molar-refractivity contribution in [3.63, 3.8) is 0 Å². The number of hydrogen-bond donors (Lipinski definition) is 1. The molecule has 0 saturated carbocycles. The van der Waals surface area contributed by atoms with E-state index in [2.05, 4.69) is 11.9 Å². The second-order valence-electron chi connectivity index (χ2n) is 3.02. The van der Waals surface area contributed by atoms with Crippen LogP contribution >= 0.6 is 0 Å². The Hall–Kier alpha value is -0.890. The van der Waals surface area contributed by atoms with Gasteiger partial charge in [0.1, 0.15) is 0 Å². The van der Waals surface area contributed by atoms with E-state index in [1.807, 2.05) is 38.2 Å². The van der Waals surface area contributed by atoms with Crippen molar-refractivity contribution in [3.8, 4) is 0 Å². The largest absolute Gasteiger partial charge is 0.396 e. The van der Waals surface area contributed by atoms with Crippen molar-refractivity contribution in [2.24, 2.45) is 0 Å². The molecule has 0 amide bonds. The number of aliphatic hydroxyl groups excluding tert-OH is 1. The van der Waals surface area contributed by atoms with Crippen LogP contribution in [0.1, 0.15) is 45.2 Å². The molecule has 0 aliphatic heterocycles. The highest BCUT2D eigenvalue weighted by Gasteiger charge is 2.04. The summed E-state index contributed by atoms with van der Waals surface area (Å²) in [5.74, 6) is 0.457. The zero-order chi connectivity index (χ0) is 10.8. The average molecular weight is 195 g/mol. The van der Waals surface area contributed by atoms with Crippen LogP contribution in [-0.4, -0.2) is 16.7 Å². The molecule has 0 radical (unpaired) electrons. The second-order valence-corrected chi connectivity index (χ2v) is 3.02. The Balaban J connectivity index is 0.000000791. The third-order valence-electron chi connectivity index (χ3n) is 1.99. The molecule has 1 rings (SSSR count). The van der Waals surface area contributed by atoms with E-state index in [0.29, 0.717) is 5.92 Å². The second kappa shape index (κ2) is 8.70. The first kappa shape index (κ1) is 13.1. The molecule has 1 aromatic rings. The minimum atomic E-state index is 0.275. The topological polar surface area (TPSA) is 33.1 Å². The van der Waals surface area contributed by atoms with E-state index in [1.54, 1.807) is 0 Å². The summed E-state index contributed by atoms with van der Waals surface area (Å²) in [6.45, 7) is 6.41. The van der Waals surface area contributed by atoms with Crippen LogP contribution in [0.2, 0.25) is 0 Å². The third kappa shape index (κ3) is 4.97. The van der Waals surface area contributed by atoms with Crippen molar-refractivity contribution in [2.75, 3.05) is 6.61 Å². The molecule has 0 bridgehead atoms. The number of hydrogen-bond acceptors (Lipinski definition) is 2. The summed E-state index contributed by atoms with van der Waals surface area (Å²) in [5, 5.41) is 8.64. The molecule has 0 saturated heterocycles. The van der Waals surface area contributed by atoms with E-state index in [9.17, 15) is 0 Å². The van der Waals surface area contributed by atoms with Gasteiger partial charge in [-0.25, -0.2) is 0 Å². The molecule has 0 aromatic carbocycles. The fourth-order valence-electron chi connectivity index (χ4n) is 1.21. The van der Waals surface area contributed by atoms with Crippen LogP contribution in [-0.2, 0) is 0 Å². The molecular weight excluding hydrogens is 174 g/mol. The molecule has 1 unspecified atom stereocenters. The van der Waals surface area contributed by atoms with Crippen molar-refractivity contribution in [1.29, 1.82) is 0 Å². The zero-order valence-corrected chi connectivity index (χ0v) is 9.40. The Morgan fingerprint density at radius 2 is 2.07 bits per heavy atom. The summed E-state index contributed by atoms with van der Waals surface area (Å²) in [6, 6.07) is 5.95. The van der Waals surface area contributed by atoms with E-state index in [-0.39, 0.29) is 6.61 Å². The lowest BCUT2D eigenvalue weighted by Gasteiger charge is -2.08. The number of rotatable bonds is 4. The van der Waals surface area contributed by atoms with Crippen LogP contribution < -0.4 is 0 Å². The van der Waals surface area contributed by atoms with Crippen molar-refractivity contribution >= 4 is 0 Å². The van der Waals surface area contributed by atoms with Crippen molar-refractivity contribution < 1.29 is 5.11 Å². The smallest absolute Gasteiger partial charge is 0.0431 e. The van der Waals surface area contributed by atoms with Crippen LogP contribution in [0.3, 0.4) is 0 Å². The van der Waals surface area contributed by atoms with Gasteiger partial charge in [0.15, 0.2) is 0 Å². The van der Waals surface area contributed by atoms with Gasteiger partial charge in [-0.1, -0.05) is 26.8 Å². The number of aromatic nitrogens is 1. The van der Waals surface area contributed by atoms with E-state index in [4.69, 9.17) is 5.11 Å². The quantitative estimate of drug-likeness (QED) is 0.801. The zero-order valence-electron chi connectivity index (χ0n) is 9.40. The highest BCUT2D eigenvalue weighted by Crippen LogP contribution is 2.17. The van der Waals surface area contributed by atoms with Crippen LogP contribution in [0.25, 0.3) is 0 Å². The van der Waals surface area contributed by atoms with Crippen LogP contribution in [0, 0.1) is 0 Å². The minimum Gasteiger partial charge on any atom is -0.396 e. The van der Waals surface area contributed by atoms with Gasteiger partial charge in [0.05, 0.1) is 0 Å². The Kier molecular flexibility index (Phi) is 8.14. The maximum atomic E-state index is 8.64. The number of pyridine rings is 1. The van der Waals surface area contributed by atoms with E-state index in [1.165, 1.54) is 0 Å². The van der Waals surface area contributed by atoms with E-state index < -0.39 is 0 Å². The van der Waals surface area contributed by atoms with Gasteiger partial charge in [-0.05, 0) is 30.9 Å². The molecule has 0 aliphatic carbocycles. The number of aliphatic hydroxyl groups is 1. The Labute approximate surface area is 87.0 Å². The van der Waals surface area contributed by atoms with Crippen LogP contribution in [0.4, 0.5) is 0 Å². The van der Waals surface area contributed by atoms with Gasteiger partial charge in [-0.2, -0.15) is 0 Å². The summed E-state index contributed by atoms with van der Waals surface area (Å²) in [4.78, 5) is 4.25. The predicted molar refractivity (Wildman–Crippen MR) is 60.3 cm³/mol. The maximum Gasteiger partial charge on any atom is 0.0431 e. The van der Waals surface area contributed by atoms with Gasteiger partial charge in [-0.3, -0.25) is 4.98 Å². The van der Waals surface area contributed by atoms with Gasteiger partial charge in [0.25, 0.3) is 0 Å². The Bertz CT molecular complexity index is 211. The highest BCUT2D eigenvalue weighted by atomic mass is 16.2. The number of nitrogens with zero attached hydrogens (tertiary/aromatic N) is 1. The molecular formula is C12H21NO. The molecule has 2 nitrogen and oxygen atoms in total. The average Bonchev–Trinajstić information content (AvgIpc) is 2.30. The van der Waals surface area contributed by atoms with Crippen molar-refractivity contribution in [2.45, 2.75) is 39.5 Å². The molecule has 0 spiro atoms. The summed E-state index contributed by atoms with van der Waals surface area (Å²) in [7, 11) is 0. The summed E-state index contributed by atoms with van der Waals surface area (Å²) in [6.07, 6.45) is 3.68. The first-order valence-electron chi connectivity index (χ1n) is 5.36. The van der Waals surface area contributed by atoms with Crippen LogP contribution in [0.5, 0.6) is 0 Å². The lowest BCUT2D eigenvalue weighted by Crippen LogP contribution is -1.97. The fourth-order valence-corrected chi connectivity index (χ4v) is 1.21. The molecule has 1 aromatic heterocycles. The molecule has 1 heterocycles. The Morgan fingerprint density at radius 3 is 2.57 bits per heavy atom. The highest BCUT2D eigenvalue weighted by molar-refractivity contribution is 5.07. The molecule has 0 fully saturated rings. The minimum absolute atomic E-state index is 0.275. The fraction of sp³-hybridized carbons (Fsp3) is 0.583. The molecule has 1 atom stereocenters. The van der Waals surface area contributed by atoms with Crippen molar-refractivity contribution in [1.82, 2.24) is 4.98 Å². The third-order valence-corrected chi connectivity index (χ3v) is 1.99. The SMILES string of the molecule is CC.CC(CCCO)c1ccccn1. The summed E-state index contributed by atoms with van der Waals surface area (Å²) >= 11 is 0. The predicted octanol–water partition coefficient (Wildman–Crippen LogP) is 2.98. The molecule has 80 valence electrons.